The van der Waals surface area contributed by atoms with Gasteiger partial charge in [-0.1, -0.05) is 12.1 Å². The first-order valence-corrected chi connectivity index (χ1v) is 8.44. The Bertz CT molecular complexity index is 700. The van der Waals surface area contributed by atoms with Crippen LogP contribution in [-0.2, 0) is 4.79 Å². The largest absolute Gasteiger partial charge is 0.393 e. The van der Waals surface area contributed by atoms with Gasteiger partial charge >= 0.3 is 0 Å². The number of carbonyl (C=O) groups is 1. The molecule has 0 bridgehead atoms. The molecule has 1 aromatic heterocycles. The Morgan fingerprint density at radius 1 is 1.17 bits per heavy atom. The Morgan fingerprint density at radius 3 is 2.57 bits per heavy atom. The Hall–Kier alpha value is -1.98. The first-order chi connectivity index (χ1) is 11.1. The van der Waals surface area contributed by atoms with E-state index in [0.717, 1.165) is 15.3 Å². The van der Waals surface area contributed by atoms with Crippen molar-refractivity contribution in [2.45, 2.75) is 18.9 Å². The van der Waals surface area contributed by atoms with Gasteiger partial charge < -0.3 is 10.0 Å². The molecule has 0 unspecified atom stereocenters. The minimum Gasteiger partial charge on any atom is -0.393 e. The van der Waals surface area contributed by atoms with Gasteiger partial charge in [0.05, 0.1) is 6.10 Å². The van der Waals surface area contributed by atoms with Crippen LogP contribution in [0.25, 0.3) is 16.5 Å². The highest BCUT2D eigenvalue weighted by Gasteiger charge is 2.19. The van der Waals surface area contributed by atoms with Crippen LogP contribution in [0.4, 0.5) is 4.39 Å². The standard InChI is InChI=1S/C18H18FNO2S/c19-14-3-1-13(2-4-14)17-7-5-16(23-17)6-8-18(22)20-11-9-15(21)10-12-20/h1-8,15,21H,9-12H2/b8-6+. The van der Waals surface area contributed by atoms with Crippen LogP contribution in [0.3, 0.4) is 0 Å². The Kier molecular flexibility index (Phi) is 4.88. The normalized spacial score (nSPS) is 16.2. The van der Waals surface area contributed by atoms with E-state index in [0.29, 0.717) is 25.9 Å². The lowest BCUT2D eigenvalue weighted by atomic mass is 10.1. The van der Waals surface area contributed by atoms with Gasteiger partial charge in [0.1, 0.15) is 5.82 Å². The quantitative estimate of drug-likeness (QED) is 0.874. The number of amides is 1. The Balaban J connectivity index is 1.64. The lowest BCUT2D eigenvalue weighted by Gasteiger charge is -2.28. The average Bonchev–Trinajstić information content (AvgIpc) is 3.03. The molecule has 0 aliphatic carbocycles. The molecule has 1 fully saturated rings. The number of hydrogen-bond acceptors (Lipinski definition) is 3. The summed E-state index contributed by atoms with van der Waals surface area (Å²) in [5.41, 5.74) is 0.965. The summed E-state index contributed by atoms with van der Waals surface area (Å²) in [6, 6.07) is 10.3. The monoisotopic (exact) mass is 331 g/mol. The van der Waals surface area contributed by atoms with Gasteiger partial charge in [-0.2, -0.15) is 0 Å². The van der Waals surface area contributed by atoms with Crippen molar-refractivity contribution in [2.75, 3.05) is 13.1 Å². The molecule has 0 atom stereocenters. The van der Waals surface area contributed by atoms with Gasteiger partial charge in [0.15, 0.2) is 0 Å². The summed E-state index contributed by atoms with van der Waals surface area (Å²) in [5.74, 6) is -0.267. The summed E-state index contributed by atoms with van der Waals surface area (Å²) in [6.07, 6.45) is 4.41. The molecule has 1 saturated heterocycles. The van der Waals surface area contributed by atoms with Crippen LogP contribution in [-0.4, -0.2) is 35.1 Å². The van der Waals surface area contributed by atoms with Crippen LogP contribution in [0.1, 0.15) is 17.7 Å². The first-order valence-electron chi connectivity index (χ1n) is 7.62. The Labute approximate surface area is 138 Å². The molecular weight excluding hydrogens is 313 g/mol. The fourth-order valence-electron chi connectivity index (χ4n) is 2.56. The van der Waals surface area contributed by atoms with Gasteiger partial charge in [-0.25, -0.2) is 4.39 Å². The molecule has 1 aliphatic rings. The maximum absolute atomic E-state index is 13.0. The number of halogens is 1. The van der Waals surface area contributed by atoms with E-state index in [1.165, 1.54) is 12.1 Å². The van der Waals surface area contributed by atoms with E-state index in [1.807, 2.05) is 18.2 Å². The predicted octanol–water partition coefficient (Wildman–Crippen LogP) is 3.55. The fraction of sp³-hybridized carbons (Fsp3) is 0.278. The van der Waals surface area contributed by atoms with Crippen molar-refractivity contribution < 1.29 is 14.3 Å². The fourth-order valence-corrected chi connectivity index (χ4v) is 3.47. The third-order valence-electron chi connectivity index (χ3n) is 3.92. The molecule has 3 rings (SSSR count). The molecule has 1 amide bonds. The number of benzene rings is 1. The molecule has 2 aromatic rings. The zero-order valence-corrected chi connectivity index (χ0v) is 13.4. The number of piperidine rings is 1. The average molecular weight is 331 g/mol. The van der Waals surface area contributed by atoms with Crippen LogP contribution in [0.15, 0.2) is 42.5 Å². The smallest absolute Gasteiger partial charge is 0.246 e. The number of hydrogen-bond donors (Lipinski definition) is 1. The van der Waals surface area contributed by atoms with Crippen molar-refractivity contribution in [1.29, 1.82) is 0 Å². The first kappa shape index (κ1) is 15.9. The van der Waals surface area contributed by atoms with Gasteiger partial charge in [-0.15, -0.1) is 11.3 Å². The molecule has 0 spiro atoms. The van der Waals surface area contributed by atoms with Crippen molar-refractivity contribution in [2.24, 2.45) is 0 Å². The summed E-state index contributed by atoms with van der Waals surface area (Å²) in [5, 5.41) is 9.47. The summed E-state index contributed by atoms with van der Waals surface area (Å²) < 4.78 is 13.0. The Morgan fingerprint density at radius 2 is 1.87 bits per heavy atom. The van der Waals surface area contributed by atoms with Crippen molar-refractivity contribution in [3.05, 3.63) is 53.2 Å². The number of rotatable bonds is 3. The number of likely N-dealkylation sites (tertiary alicyclic amines) is 1. The highest BCUT2D eigenvalue weighted by atomic mass is 32.1. The van der Waals surface area contributed by atoms with Gasteiger partial charge in [0.2, 0.25) is 5.91 Å². The van der Waals surface area contributed by atoms with Crippen LogP contribution in [0.2, 0.25) is 0 Å². The third-order valence-corrected chi connectivity index (χ3v) is 5.02. The molecule has 0 saturated carbocycles. The van der Waals surface area contributed by atoms with E-state index in [-0.39, 0.29) is 17.8 Å². The SMILES string of the molecule is O=C(/C=C/c1ccc(-c2ccc(F)cc2)s1)N1CCC(O)CC1. The summed E-state index contributed by atoms with van der Waals surface area (Å²) in [4.78, 5) is 15.9. The number of thiophene rings is 1. The lowest BCUT2D eigenvalue weighted by Crippen LogP contribution is -2.39. The van der Waals surface area contributed by atoms with E-state index in [2.05, 4.69) is 0 Å². The van der Waals surface area contributed by atoms with Crippen molar-refractivity contribution in [3.63, 3.8) is 0 Å². The maximum atomic E-state index is 13.0. The second-order valence-electron chi connectivity index (χ2n) is 5.60. The minimum absolute atomic E-state index is 0.0198. The molecule has 0 radical (unpaired) electrons. The highest BCUT2D eigenvalue weighted by molar-refractivity contribution is 7.16. The number of carbonyl (C=O) groups excluding carboxylic acids is 1. The van der Waals surface area contributed by atoms with Crippen LogP contribution >= 0.6 is 11.3 Å². The zero-order chi connectivity index (χ0) is 16.2. The molecule has 5 heteroatoms. The number of aliphatic hydroxyl groups excluding tert-OH is 1. The van der Waals surface area contributed by atoms with E-state index in [4.69, 9.17) is 0 Å². The summed E-state index contributed by atoms with van der Waals surface area (Å²) in [6.45, 7) is 1.21. The van der Waals surface area contributed by atoms with Crippen LogP contribution in [0, 0.1) is 5.82 Å². The zero-order valence-electron chi connectivity index (χ0n) is 12.6. The topological polar surface area (TPSA) is 40.5 Å². The minimum atomic E-state index is -0.279. The molecule has 2 heterocycles. The van der Waals surface area contributed by atoms with Crippen LogP contribution < -0.4 is 0 Å². The highest BCUT2D eigenvalue weighted by Crippen LogP contribution is 2.29. The maximum Gasteiger partial charge on any atom is 0.246 e. The van der Waals surface area contributed by atoms with Crippen molar-refractivity contribution in [1.82, 2.24) is 4.90 Å². The molecular formula is C18H18FNO2S. The van der Waals surface area contributed by atoms with Gasteiger partial charge in [-0.3, -0.25) is 4.79 Å². The van der Waals surface area contributed by atoms with Gasteiger partial charge in [0, 0.05) is 28.9 Å². The van der Waals surface area contributed by atoms with Crippen LogP contribution in [0.5, 0.6) is 0 Å². The third kappa shape index (κ3) is 4.06. The van der Waals surface area contributed by atoms with Crippen molar-refractivity contribution in [3.8, 4) is 10.4 Å². The van der Waals surface area contributed by atoms with Crippen molar-refractivity contribution >= 4 is 23.3 Å². The number of nitrogens with zero attached hydrogens (tertiary/aromatic N) is 1. The van der Waals surface area contributed by atoms with Gasteiger partial charge in [0.25, 0.3) is 0 Å². The van der Waals surface area contributed by atoms with Gasteiger partial charge in [-0.05, 0) is 48.7 Å². The van der Waals surface area contributed by atoms with E-state index < -0.39 is 0 Å². The second-order valence-corrected chi connectivity index (χ2v) is 6.71. The molecule has 23 heavy (non-hydrogen) atoms. The summed E-state index contributed by atoms with van der Waals surface area (Å²) >= 11 is 1.56. The van der Waals surface area contributed by atoms with E-state index in [9.17, 15) is 14.3 Å². The molecule has 120 valence electrons. The molecule has 1 aliphatic heterocycles. The number of aliphatic hydroxyl groups is 1. The molecule has 3 nitrogen and oxygen atoms in total. The summed E-state index contributed by atoms with van der Waals surface area (Å²) in [7, 11) is 0. The molecule has 1 N–H and O–H groups in total. The van der Waals surface area contributed by atoms with E-state index in [1.54, 1.807) is 34.4 Å². The molecule has 1 aromatic carbocycles. The lowest BCUT2D eigenvalue weighted by molar-refractivity contribution is -0.127. The second kappa shape index (κ2) is 7.06. The predicted molar refractivity (Wildman–Crippen MR) is 90.6 cm³/mol. The van der Waals surface area contributed by atoms with E-state index >= 15 is 0 Å².